The average Bonchev–Trinajstić information content (AvgIpc) is 3.27. The summed E-state index contributed by atoms with van der Waals surface area (Å²) in [6.07, 6.45) is 4.31. The predicted molar refractivity (Wildman–Crippen MR) is 92.0 cm³/mol. The van der Waals surface area contributed by atoms with Crippen molar-refractivity contribution in [3.63, 3.8) is 0 Å². The van der Waals surface area contributed by atoms with Crippen LogP contribution in [0.15, 0.2) is 33.8 Å². The Labute approximate surface area is 150 Å². The number of fused-ring (bicyclic) bond motifs is 1. The molecule has 25 heavy (non-hydrogen) atoms. The lowest BCUT2D eigenvalue weighted by atomic mass is 10.2. The van der Waals surface area contributed by atoms with E-state index in [2.05, 4.69) is 10.1 Å². The predicted octanol–water partition coefficient (Wildman–Crippen LogP) is 3.12. The van der Waals surface area contributed by atoms with E-state index in [0.29, 0.717) is 28.7 Å². The standard InChI is InChI=1S/C16H17ClN4O3S/c1-10-5-6-14(24-10)13-4-3-7-21(13)25(22,23)12-8-18-16-15(17)11(2)19-20(16)9-12/h5-6,8-9,13H,3-4,7H2,1-2H3/t13-/m0/s1. The zero-order valence-electron chi connectivity index (χ0n) is 13.8. The first-order valence-corrected chi connectivity index (χ1v) is 9.78. The van der Waals surface area contributed by atoms with Crippen molar-refractivity contribution >= 4 is 27.3 Å². The molecular formula is C16H17ClN4O3S. The van der Waals surface area contributed by atoms with Gasteiger partial charge in [-0.2, -0.15) is 9.40 Å². The summed E-state index contributed by atoms with van der Waals surface area (Å²) in [6.45, 7) is 4.05. The number of aryl methyl sites for hydroxylation is 2. The van der Waals surface area contributed by atoms with Crippen molar-refractivity contribution in [1.29, 1.82) is 0 Å². The fourth-order valence-corrected chi connectivity index (χ4v) is 4.99. The highest BCUT2D eigenvalue weighted by Gasteiger charge is 2.38. The van der Waals surface area contributed by atoms with E-state index < -0.39 is 10.0 Å². The summed E-state index contributed by atoms with van der Waals surface area (Å²) in [5.74, 6) is 1.44. The van der Waals surface area contributed by atoms with Crippen LogP contribution in [0.1, 0.15) is 36.1 Å². The maximum atomic E-state index is 13.1. The van der Waals surface area contributed by atoms with Gasteiger partial charge in [0.25, 0.3) is 0 Å². The highest BCUT2D eigenvalue weighted by molar-refractivity contribution is 7.89. The second kappa shape index (κ2) is 5.82. The quantitative estimate of drug-likeness (QED) is 0.697. The van der Waals surface area contributed by atoms with Gasteiger partial charge in [0.2, 0.25) is 10.0 Å². The normalized spacial score (nSPS) is 19.1. The molecule has 0 unspecified atom stereocenters. The minimum atomic E-state index is -3.71. The molecular weight excluding hydrogens is 364 g/mol. The zero-order chi connectivity index (χ0) is 17.8. The van der Waals surface area contributed by atoms with Crippen LogP contribution >= 0.6 is 11.6 Å². The van der Waals surface area contributed by atoms with Crippen molar-refractivity contribution in [3.05, 3.63) is 46.8 Å². The van der Waals surface area contributed by atoms with Crippen LogP contribution < -0.4 is 0 Å². The molecule has 3 aromatic rings. The van der Waals surface area contributed by atoms with E-state index in [9.17, 15) is 8.42 Å². The fraction of sp³-hybridized carbons (Fsp3) is 0.375. The highest BCUT2D eigenvalue weighted by atomic mass is 35.5. The lowest BCUT2D eigenvalue weighted by molar-refractivity contribution is 0.334. The van der Waals surface area contributed by atoms with Gasteiger partial charge in [0.05, 0.1) is 24.1 Å². The molecule has 0 N–H and O–H groups in total. The van der Waals surface area contributed by atoms with Crippen LogP contribution in [0.25, 0.3) is 5.65 Å². The molecule has 1 aliphatic rings. The van der Waals surface area contributed by atoms with Gasteiger partial charge >= 0.3 is 0 Å². The van der Waals surface area contributed by atoms with Gasteiger partial charge in [-0.25, -0.2) is 17.9 Å². The third-order valence-corrected chi connectivity index (χ3v) is 6.76. The number of halogens is 1. The van der Waals surface area contributed by atoms with Gasteiger partial charge in [-0.3, -0.25) is 0 Å². The van der Waals surface area contributed by atoms with Gasteiger partial charge in [0.15, 0.2) is 5.65 Å². The van der Waals surface area contributed by atoms with Crippen LogP contribution in [-0.2, 0) is 10.0 Å². The molecule has 1 aliphatic heterocycles. The molecule has 0 spiro atoms. The molecule has 0 saturated carbocycles. The molecule has 0 amide bonds. The third kappa shape index (κ3) is 2.65. The SMILES string of the molecule is Cc1ccc([C@@H]2CCCN2S(=O)(=O)c2cnc3c(Cl)c(C)nn3c2)o1. The Morgan fingerprint density at radius 3 is 2.84 bits per heavy atom. The number of furan rings is 1. The number of hydrogen-bond acceptors (Lipinski definition) is 5. The number of nitrogens with zero attached hydrogens (tertiary/aromatic N) is 4. The number of aromatic nitrogens is 3. The van der Waals surface area contributed by atoms with E-state index in [-0.39, 0.29) is 10.9 Å². The Hall–Kier alpha value is -1.90. The van der Waals surface area contributed by atoms with Crippen molar-refractivity contribution in [1.82, 2.24) is 18.9 Å². The topological polar surface area (TPSA) is 80.7 Å². The summed E-state index contributed by atoms with van der Waals surface area (Å²) in [7, 11) is -3.71. The molecule has 0 bridgehead atoms. The van der Waals surface area contributed by atoms with Crippen molar-refractivity contribution in [2.75, 3.05) is 6.54 Å². The van der Waals surface area contributed by atoms with Crippen LogP contribution in [0.3, 0.4) is 0 Å². The van der Waals surface area contributed by atoms with Gasteiger partial charge in [-0.15, -0.1) is 0 Å². The van der Waals surface area contributed by atoms with E-state index in [0.717, 1.165) is 18.6 Å². The van der Waals surface area contributed by atoms with Gasteiger partial charge in [-0.1, -0.05) is 11.6 Å². The molecule has 0 aliphatic carbocycles. The molecule has 1 fully saturated rings. The lowest BCUT2D eigenvalue weighted by Gasteiger charge is -2.22. The zero-order valence-corrected chi connectivity index (χ0v) is 15.4. The molecule has 4 heterocycles. The highest BCUT2D eigenvalue weighted by Crippen LogP contribution is 2.37. The maximum absolute atomic E-state index is 13.1. The van der Waals surface area contributed by atoms with Gasteiger partial charge in [0, 0.05) is 6.54 Å². The summed E-state index contributed by atoms with van der Waals surface area (Å²) in [5, 5.41) is 4.64. The Balaban J connectivity index is 1.75. The molecule has 0 aromatic carbocycles. The van der Waals surface area contributed by atoms with E-state index in [1.165, 1.54) is 21.2 Å². The second-order valence-corrected chi connectivity index (χ2v) is 8.45. The largest absolute Gasteiger partial charge is 0.465 e. The smallest absolute Gasteiger partial charge is 0.246 e. The average molecular weight is 381 g/mol. The molecule has 7 nitrogen and oxygen atoms in total. The summed E-state index contributed by atoms with van der Waals surface area (Å²) < 4.78 is 34.8. The molecule has 0 radical (unpaired) electrons. The Morgan fingerprint density at radius 1 is 1.32 bits per heavy atom. The van der Waals surface area contributed by atoms with Crippen LogP contribution in [-0.4, -0.2) is 33.9 Å². The van der Waals surface area contributed by atoms with E-state index >= 15 is 0 Å². The fourth-order valence-electron chi connectivity index (χ4n) is 3.21. The monoisotopic (exact) mass is 380 g/mol. The van der Waals surface area contributed by atoms with Crippen LogP contribution in [0.4, 0.5) is 0 Å². The minimum Gasteiger partial charge on any atom is -0.465 e. The second-order valence-electron chi connectivity index (χ2n) is 6.18. The van der Waals surface area contributed by atoms with Crippen molar-refractivity contribution in [3.8, 4) is 0 Å². The molecule has 1 saturated heterocycles. The molecule has 4 rings (SSSR count). The minimum absolute atomic E-state index is 0.0920. The number of sulfonamides is 1. The molecule has 1 atom stereocenters. The Kier molecular flexibility index (Phi) is 3.86. The van der Waals surface area contributed by atoms with Gasteiger partial charge in [0.1, 0.15) is 21.4 Å². The molecule has 132 valence electrons. The maximum Gasteiger partial charge on any atom is 0.246 e. The van der Waals surface area contributed by atoms with Crippen molar-refractivity contribution < 1.29 is 12.8 Å². The van der Waals surface area contributed by atoms with Gasteiger partial charge in [-0.05, 0) is 38.8 Å². The van der Waals surface area contributed by atoms with Crippen LogP contribution in [0.2, 0.25) is 5.02 Å². The third-order valence-electron chi connectivity index (χ3n) is 4.45. The Morgan fingerprint density at radius 2 is 2.12 bits per heavy atom. The van der Waals surface area contributed by atoms with Crippen molar-refractivity contribution in [2.45, 2.75) is 37.6 Å². The summed E-state index contributed by atoms with van der Waals surface area (Å²) >= 11 is 6.12. The first kappa shape index (κ1) is 16.6. The van der Waals surface area contributed by atoms with E-state index in [4.69, 9.17) is 16.0 Å². The van der Waals surface area contributed by atoms with Crippen LogP contribution in [0.5, 0.6) is 0 Å². The molecule has 9 heteroatoms. The molecule has 3 aromatic heterocycles. The summed E-state index contributed by atoms with van der Waals surface area (Å²) in [6, 6.07) is 3.39. The number of hydrogen-bond donors (Lipinski definition) is 0. The summed E-state index contributed by atoms with van der Waals surface area (Å²) in [4.78, 5) is 4.27. The summed E-state index contributed by atoms with van der Waals surface area (Å²) in [5.41, 5.74) is 1.05. The Bertz CT molecular complexity index is 1060. The first-order chi connectivity index (χ1) is 11.9. The van der Waals surface area contributed by atoms with E-state index in [1.807, 2.05) is 19.1 Å². The first-order valence-electron chi connectivity index (χ1n) is 7.96. The number of rotatable bonds is 3. The lowest BCUT2D eigenvalue weighted by Crippen LogP contribution is -2.30. The van der Waals surface area contributed by atoms with Crippen molar-refractivity contribution in [2.24, 2.45) is 0 Å². The van der Waals surface area contributed by atoms with Gasteiger partial charge < -0.3 is 4.42 Å². The van der Waals surface area contributed by atoms with E-state index in [1.54, 1.807) is 6.92 Å². The van der Waals surface area contributed by atoms with Crippen LogP contribution in [0, 0.1) is 13.8 Å².